The number of halogens is 2. The van der Waals surface area contributed by atoms with Crippen molar-refractivity contribution >= 4 is 5.69 Å². The van der Waals surface area contributed by atoms with E-state index in [1.54, 1.807) is 19.1 Å². The van der Waals surface area contributed by atoms with Gasteiger partial charge in [0.25, 0.3) is 0 Å². The number of rotatable bonds is 3. The lowest BCUT2D eigenvalue weighted by Crippen LogP contribution is -1.96. The Balaban J connectivity index is 2.34. The molecule has 0 unspecified atom stereocenters. The molecule has 0 spiro atoms. The number of hydrogen-bond donors (Lipinski definition) is 1. The summed E-state index contributed by atoms with van der Waals surface area (Å²) in [5.41, 5.74) is 6.27. The number of nitrogens with two attached hydrogens (primary N) is 1. The summed E-state index contributed by atoms with van der Waals surface area (Å²) in [7, 11) is 1.34. The third-order valence-corrected chi connectivity index (χ3v) is 2.66. The lowest BCUT2D eigenvalue weighted by atomic mass is 10.2. The van der Waals surface area contributed by atoms with Crippen molar-refractivity contribution in [2.45, 2.75) is 6.92 Å². The van der Waals surface area contributed by atoms with Crippen LogP contribution in [0, 0.1) is 18.6 Å². The number of benzene rings is 2. The van der Waals surface area contributed by atoms with Crippen molar-refractivity contribution in [1.82, 2.24) is 0 Å². The molecule has 0 radical (unpaired) electrons. The fourth-order valence-electron chi connectivity index (χ4n) is 1.56. The second-order valence-corrected chi connectivity index (χ2v) is 4.04. The van der Waals surface area contributed by atoms with Crippen LogP contribution in [0.5, 0.6) is 17.2 Å². The van der Waals surface area contributed by atoms with Crippen LogP contribution in [0.2, 0.25) is 0 Å². The van der Waals surface area contributed by atoms with E-state index in [-0.39, 0.29) is 28.8 Å². The molecule has 0 aliphatic rings. The summed E-state index contributed by atoms with van der Waals surface area (Å²) in [5.74, 6) is -0.464. The SMILES string of the molecule is COc1cc(Oc2ccc(C)c(F)c2)c(N)cc1F. The number of ether oxygens (including phenoxy) is 2. The number of methoxy groups -OCH3 is 1. The number of aryl methyl sites for hydroxylation is 1. The van der Waals surface area contributed by atoms with Crippen molar-refractivity contribution in [1.29, 1.82) is 0 Å². The van der Waals surface area contributed by atoms with Crippen LogP contribution in [-0.4, -0.2) is 7.11 Å². The van der Waals surface area contributed by atoms with Crippen LogP contribution in [-0.2, 0) is 0 Å². The van der Waals surface area contributed by atoms with Crippen LogP contribution in [0.25, 0.3) is 0 Å². The predicted octanol–water partition coefficient (Wildman–Crippen LogP) is 3.66. The fraction of sp³-hybridized carbons (Fsp3) is 0.143. The van der Waals surface area contributed by atoms with Gasteiger partial charge >= 0.3 is 0 Å². The quantitative estimate of drug-likeness (QED) is 0.861. The van der Waals surface area contributed by atoms with Crippen LogP contribution in [0.1, 0.15) is 5.56 Å². The summed E-state index contributed by atoms with van der Waals surface area (Å²) in [5, 5.41) is 0. The molecule has 2 aromatic carbocycles. The molecule has 100 valence electrons. The molecule has 5 heteroatoms. The zero-order valence-corrected chi connectivity index (χ0v) is 10.5. The third-order valence-electron chi connectivity index (χ3n) is 2.66. The van der Waals surface area contributed by atoms with Crippen LogP contribution in [0.3, 0.4) is 0 Å². The van der Waals surface area contributed by atoms with E-state index < -0.39 is 5.82 Å². The number of anilines is 1. The van der Waals surface area contributed by atoms with Gasteiger partial charge in [-0.2, -0.15) is 0 Å². The summed E-state index contributed by atoms with van der Waals surface area (Å²) in [6, 6.07) is 6.85. The van der Waals surface area contributed by atoms with E-state index in [1.807, 2.05) is 0 Å². The van der Waals surface area contributed by atoms with Gasteiger partial charge in [0.1, 0.15) is 11.6 Å². The van der Waals surface area contributed by atoms with Gasteiger partial charge in [-0.15, -0.1) is 0 Å². The molecule has 0 amide bonds. The van der Waals surface area contributed by atoms with Crippen LogP contribution in [0.15, 0.2) is 30.3 Å². The minimum absolute atomic E-state index is 0.0109. The van der Waals surface area contributed by atoms with Gasteiger partial charge in [-0.3, -0.25) is 0 Å². The van der Waals surface area contributed by atoms with E-state index >= 15 is 0 Å². The van der Waals surface area contributed by atoms with Gasteiger partial charge in [-0.05, 0) is 18.6 Å². The predicted molar refractivity (Wildman–Crippen MR) is 68.6 cm³/mol. The van der Waals surface area contributed by atoms with E-state index in [0.717, 1.165) is 6.07 Å². The molecule has 0 atom stereocenters. The molecule has 0 fully saturated rings. The highest BCUT2D eigenvalue weighted by atomic mass is 19.1. The highest BCUT2D eigenvalue weighted by Crippen LogP contribution is 2.33. The molecule has 3 nitrogen and oxygen atoms in total. The number of nitrogen functional groups attached to an aromatic ring is 1. The molecule has 0 aromatic heterocycles. The molecular weight excluding hydrogens is 252 g/mol. The van der Waals surface area contributed by atoms with Crippen molar-refractivity contribution in [3.63, 3.8) is 0 Å². The Kier molecular flexibility index (Phi) is 3.55. The lowest BCUT2D eigenvalue weighted by molar-refractivity contribution is 0.382. The molecule has 2 N–H and O–H groups in total. The molecular formula is C14H13F2NO2. The van der Waals surface area contributed by atoms with Crippen LogP contribution >= 0.6 is 0 Å². The maximum Gasteiger partial charge on any atom is 0.167 e. The van der Waals surface area contributed by atoms with Gasteiger partial charge in [-0.1, -0.05) is 6.07 Å². The Morgan fingerprint density at radius 2 is 1.74 bits per heavy atom. The number of hydrogen-bond acceptors (Lipinski definition) is 3. The lowest BCUT2D eigenvalue weighted by Gasteiger charge is -2.11. The van der Waals surface area contributed by atoms with Crippen molar-refractivity contribution < 1.29 is 18.3 Å². The average molecular weight is 265 g/mol. The first-order valence-corrected chi connectivity index (χ1v) is 5.58. The van der Waals surface area contributed by atoms with Crippen LogP contribution in [0.4, 0.5) is 14.5 Å². The van der Waals surface area contributed by atoms with Crippen molar-refractivity contribution in [3.8, 4) is 17.2 Å². The first-order chi connectivity index (χ1) is 9.01. The largest absolute Gasteiger partial charge is 0.494 e. The Morgan fingerprint density at radius 3 is 2.37 bits per heavy atom. The van der Waals surface area contributed by atoms with E-state index in [4.69, 9.17) is 15.2 Å². The second-order valence-electron chi connectivity index (χ2n) is 4.04. The molecule has 0 saturated heterocycles. The summed E-state index contributed by atoms with van der Waals surface area (Å²) in [4.78, 5) is 0. The maximum absolute atomic E-state index is 13.4. The normalized spacial score (nSPS) is 10.3. The van der Waals surface area contributed by atoms with Crippen molar-refractivity contribution in [2.24, 2.45) is 0 Å². The Labute approximate surface area is 109 Å². The Bertz CT molecular complexity index is 615. The fourth-order valence-corrected chi connectivity index (χ4v) is 1.56. The van der Waals surface area contributed by atoms with E-state index in [9.17, 15) is 8.78 Å². The van der Waals surface area contributed by atoms with Gasteiger partial charge in [0.15, 0.2) is 17.3 Å². The smallest absolute Gasteiger partial charge is 0.167 e. The Morgan fingerprint density at radius 1 is 1.00 bits per heavy atom. The minimum atomic E-state index is -0.581. The molecule has 0 bridgehead atoms. The molecule has 0 saturated carbocycles. The van der Waals surface area contributed by atoms with Crippen molar-refractivity contribution in [3.05, 3.63) is 47.5 Å². The first-order valence-electron chi connectivity index (χ1n) is 5.58. The summed E-state index contributed by atoms with van der Waals surface area (Å²) in [6.45, 7) is 1.65. The molecule has 0 heterocycles. The van der Waals surface area contributed by atoms with Gasteiger partial charge < -0.3 is 15.2 Å². The van der Waals surface area contributed by atoms with E-state index in [0.29, 0.717) is 5.56 Å². The van der Waals surface area contributed by atoms with Gasteiger partial charge in [0, 0.05) is 18.2 Å². The van der Waals surface area contributed by atoms with Gasteiger partial charge in [-0.25, -0.2) is 8.78 Å². The molecule has 2 rings (SSSR count). The zero-order chi connectivity index (χ0) is 14.0. The van der Waals surface area contributed by atoms with Crippen LogP contribution < -0.4 is 15.2 Å². The second kappa shape index (κ2) is 5.14. The molecule has 0 aliphatic carbocycles. The molecule has 0 aliphatic heterocycles. The van der Waals surface area contributed by atoms with E-state index in [1.165, 1.54) is 19.2 Å². The average Bonchev–Trinajstić information content (AvgIpc) is 2.37. The van der Waals surface area contributed by atoms with Gasteiger partial charge in [0.2, 0.25) is 0 Å². The highest BCUT2D eigenvalue weighted by Gasteiger charge is 2.11. The monoisotopic (exact) mass is 265 g/mol. The minimum Gasteiger partial charge on any atom is -0.494 e. The van der Waals surface area contributed by atoms with E-state index in [2.05, 4.69) is 0 Å². The maximum atomic E-state index is 13.4. The summed E-state index contributed by atoms with van der Waals surface area (Å²) >= 11 is 0. The van der Waals surface area contributed by atoms with Crippen molar-refractivity contribution in [2.75, 3.05) is 12.8 Å². The Hall–Kier alpha value is -2.30. The topological polar surface area (TPSA) is 44.5 Å². The summed E-state index contributed by atoms with van der Waals surface area (Å²) in [6.07, 6.45) is 0. The highest BCUT2D eigenvalue weighted by molar-refractivity contribution is 5.57. The standard InChI is InChI=1S/C14H13F2NO2/c1-8-3-4-9(5-10(8)15)19-14-7-13(18-2)11(16)6-12(14)17/h3-7H,17H2,1-2H3. The molecule has 2 aromatic rings. The zero-order valence-electron chi connectivity index (χ0n) is 10.5. The summed E-state index contributed by atoms with van der Waals surface area (Å²) < 4.78 is 37.0. The molecule has 19 heavy (non-hydrogen) atoms. The van der Waals surface area contributed by atoms with Gasteiger partial charge in [0.05, 0.1) is 12.8 Å². The first kappa shape index (κ1) is 13.1. The third kappa shape index (κ3) is 2.76.